The van der Waals surface area contributed by atoms with Crippen LogP contribution in [0.5, 0.6) is 0 Å². The third-order valence-corrected chi connectivity index (χ3v) is 2.97. The van der Waals surface area contributed by atoms with Crippen LogP contribution in [0, 0.1) is 0 Å². The fraction of sp³-hybridized carbons (Fsp3) is 0.714. The second-order valence-electron chi connectivity index (χ2n) is 2.56. The zero-order valence-electron chi connectivity index (χ0n) is 6.95. The zero-order valence-corrected chi connectivity index (χ0v) is 7.76. The van der Waals surface area contributed by atoms with Crippen LogP contribution in [0.4, 0.5) is 4.79 Å². The number of amides is 2. The lowest BCUT2D eigenvalue weighted by Gasteiger charge is -2.10. The fourth-order valence-corrected chi connectivity index (χ4v) is 2.03. The SMILES string of the molecule is CC[C@@H]1SC(=O)N(CCN)C1=O. The molecular formula is C7H12N2O2S. The molecule has 1 aliphatic rings. The first-order valence-corrected chi connectivity index (χ1v) is 4.80. The Balaban J connectivity index is 2.64. The van der Waals surface area contributed by atoms with Crippen molar-refractivity contribution in [3.8, 4) is 0 Å². The summed E-state index contributed by atoms with van der Waals surface area (Å²) in [7, 11) is 0. The van der Waals surface area contributed by atoms with Gasteiger partial charge >= 0.3 is 0 Å². The zero-order chi connectivity index (χ0) is 9.14. The van der Waals surface area contributed by atoms with Gasteiger partial charge in [-0.1, -0.05) is 18.7 Å². The molecule has 1 atom stereocenters. The van der Waals surface area contributed by atoms with E-state index in [1.165, 1.54) is 4.90 Å². The topological polar surface area (TPSA) is 63.4 Å². The number of rotatable bonds is 3. The molecule has 1 heterocycles. The average Bonchev–Trinajstić information content (AvgIpc) is 2.32. The van der Waals surface area contributed by atoms with Crippen molar-refractivity contribution in [1.82, 2.24) is 4.90 Å². The predicted octanol–water partition coefficient (Wildman–Crippen LogP) is 0.419. The summed E-state index contributed by atoms with van der Waals surface area (Å²) in [6, 6.07) is 0. The minimum absolute atomic E-state index is 0.0852. The molecule has 0 radical (unpaired) electrons. The Hall–Kier alpha value is -0.550. The summed E-state index contributed by atoms with van der Waals surface area (Å²) < 4.78 is 0. The maximum absolute atomic E-state index is 11.4. The van der Waals surface area contributed by atoms with Gasteiger partial charge in [0, 0.05) is 13.1 Å². The third-order valence-electron chi connectivity index (χ3n) is 1.73. The Morgan fingerprint density at radius 3 is 2.67 bits per heavy atom. The van der Waals surface area contributed by atoms with Crippen molar-refractivity contribution in [2.45, 2.75) is 18.6 Å². The third kappa shape index (κ3) is 1.61. The van der Waals surface area contributed by atoms with Crippen molar-refractivity contribution in [2.24, 2.45) is 5.73 Å². The summed E-state index contributed by atoms with van der Waals surface area (Å²) >= 11 is 1.10. The normalized spacial score (nSPS) is 23.8. The maximum Gasteiger partial charge on any atom is 0.289 e. The van der Waals surface area contributed by atoms with Gasteiger partial charge in [0.15, 0.2) is 0 Å². The van der Waals surface area contributed by atoms with E-state index < -0.39 is 0 Å². The van der Waals surface area contributed by atoms with Crippen LogP contribution in [0.1, 0.15) is 13.3 Å². The van der Waals surface area contributed by atoms with Crippen molar-refractivity contribution in [1.29, 1.82) is 0 Å². The molecule has 0 saturated carbocycles. The molecule has 0 spiro atoms. The molecule has 0 unspecified atom stereocenters. The molecule has 2 amide bonds. The lowest BCUT2D eigenvalue weighted by Crippen LogP contribution is -2.35. The van der Waals surface area contributed by atoms with Crippen LogP contribution in [0.2, 0.25) is 0 Å². The van der Waals surface area contributed by atoms with E-state index >= 15 is 0 Å². The van der Waals surface area contributed by atoms with Gasteiger partial charge in [-0.2, -0.15) is 0 Å². The van der Waals surface area contributed by atoms with Crippen molar-refractivity contribution < 1.29 is 9.59 Å². The van der Waals surface area contributed by atoms with Gasteiger partial charge in [-0.3, -0.25) is 14.5 Å². The summed E-state index contributed by atoms with van der Waals surface area (Å²) in [6.07, 6.45) is 0.705. The molecule has 0 aromatic carbocycles. The van der Waals surface area contributed by atoms with Crippen LogP contribution in [0.15, 0.2) is 0 Å². The van der Waals surface area contributed by atoms with Crippen molar-refractivity contribution >= 4 is 22.9 Å². The highest BCUT2D eigenvalue weighted by Crippen LogP contribution is 2.28. The maximum atomic E-state index is 11.4. The smallest absolute Gasteiger partial charge is 0.289 e. The van der Waals surface area contributed by atoms with Crippen LogP contribution in [-0.4, -0.2) is 34.4 Å². The van der Waals surface area contributed by atoms with Gasteiger partial charge in [-0.15, -0.1) is 0 Å². The number of carbonyl (C=O) groups is 2. The molecule has 1 saturated heterocycles. The quantitative estimate of drug-likeness (QED) is 0.697. The Kier molecular flexibility index (Phi) is 3.11. The van der Waals surface area contributed by atoms with Crippen LogP contribution in [0.25, 0.3) is 0 Å². The van der Waals surface area contributed by atoms with Gasteiger partial charge in [0.05, 0.1) is 5.25 Å². The summed E-state index contributed by atoms with van der Waals surface area (Å²) in [5.41, 5.74) is 5.26. The van der Waals surface area contributed by atoms with Gasteiger partial charge < -0.3 is 5.73 Å². The Morgan fingerprint density at radius 2 is 2.25 bits per heavy atom. The average molecular weight is 188 g/mol. The van der Waals surface area contributed by atoms with E-state index in [0.29, 0.717) is 19.5 Å². The Labute approximate surface area is 75.5 Å². The largest absolute Gasteiger partial charge is 0.329 e. The molecule has 1 fully saturated rings. The first kappa shape index (κ1) is 9.54. The molecule has 0 aliphatic carbocycles. The standard InChI is InChI=1S/C7H12N2O2S/c1-2-5-6(10)9(4-3-8)7(11)12-5/h5H,2-4,8H2,1H3/t5-/m0/s1. The van der Waals surface area contributed by atoms with E-state index in [1.54, 1.807) is 0 Å². The molecule has 5 heteroatoms. The first-order valence-electron chi connectivity index (χ1n) is 3.92. The predicted molar refractivity (Wildman–Crippen MR) is 47.8 cm³/mol. The number of nitrogens with two attached hydrogens (primary N) is 1. The lowest BCUT2D eigenvalue weighted by molar-refractivity contribution is -0.126. The van der Waals surface area contributed by atoms with Gasteiger partial charge in [0.2, 0.25) is 5.91 Å². The second-order valence-corrected chi connectivity index (χ2v) is 3.71. The van der Waals surface area contributed by atoms with E-state index in [0.717, 1.165) is 11.8 Å². The van der Waals surface area contributed by atoms with E-state index in [-0.39, 0.29) is 16.4 Å². The molecule has 1 rings (SSSR count). The van der Waals surface area contributed by atoms with Crippen LogP contribution < -0.4 is 5.73 Å². The van der Waals surface area contributed by atoms with E-state index in [2.05, 4.69) is 0 Å². The van der Waals surface area contributed by atoms with Crippen LogP contribution >= 0.6 is 11.8 Å². The van der Waals surface area contributed by atoms with Crippen LogP contribution in [-0.2, 0) is 4.79 Å². The summed E-state index contributed by atoms with van der Waals surface area (Å²) in [6.45, 7) is 2.59. The second kappa shape index (κ2) is 3.91. The van der Waals surface area contributed by atoms with Gasteiger partial charge in [0.1, 0.15) is 0 Å². The molecule has 68 valence electrons. The number of thioether (sulfide) groups is 1. The van der Waals surface area contributed by atoms with Gasteiger partial charge in [-0.05, 0) is 6.42 Å². The van der Waals surface area contributed by atoms with Crippen molar-refractivity contribution in [3.63, 3.8) is 0 Å². The van der Waals surface area contributed by atoms with Crippen molar-refractivity contribution in [2.75, 3.05) is 13.1 Å². The number of carbonyl (C=O) groups excluding carboxylic acids is 2. The highest BCUT2D eigenvalue weighted by Gasteiger charge is 2.37. The lowest BCUT2D eigenvalue weighted by atomic mass is 10.3. The molecule has 1 aliphatic heterocycles. The molecule has 0 aromatic heterocycles. The number of hydrogen-bond acceptors (Lipinski definition) is 4. The number of nitrogens with zero attached hydrogens (tertiary/aromatic N) is 1. The number of imide groups is 1. The van der Waals surface area contributed by atoms with E-state index in [1.807, 2.05) is 6.92 Å². The van der Waals surface area contributed by atoms with Gasteiger partial charge in [-0.25, -0.2) is 0 Å². The monoisotopic (exact) mass is 188 g/mol. The molecule has 0 bridgehead atoms. The van der Waals surface area contributed by atoms with Crippen LogP contribution in [0.3, 0.4) is 0 Å². The Morgan fingerprint density at radius 1 is 1.58 bits per heavy atom. The molecule has 0 aromatic rings. The highest BCUT2D eigenvalue weighted by atomic mass is 32.2. The van der Waals surface area contributed by atoms with Gasteiger partial charge in [0.25, 0.3) is 5.24 Å². The summed E-state index contributed by atoms with van der Waals surface area (Å²) in [4.78, 5) is 23.8. The van der Waals surface area contributed by atoms with E-state index in [4.69, 9.17) is 5.73 Å². The molecule has 4 nitrogen and oxygen atoms in total. The number of hydrogen-bond donors (Lipinski definition) is 1. The minimum Gasteiger partial charge on any atom is -0.329 e. The first-order chi connectivity index (χ1) is 5.70. The highest BCUT2D eigenvalue weighted by molar-refractivity contribution is 8.15. The minimum atomic E-state index is -0.177. The molecule has 12 heavy (non-hydrogen) atoms. The summed E-state index contributed by atoms with van der Waals surface area (Å²) in [5.74, 6) is -0.0852. The Bertz CT molecular complexity index is 208. The van der Waals surface area contributed by atoms with E-state index in [9.17, 15) is 9.59 Å². The molecular weight excluding hydrogens is 176 g/mol. The molecule has 2 N–H and O–H groups in total. The van der Waals surface area contributed by atoms with Crippen molar-refractivity contribution in [3.05, 3.63) is 0 Å². The summed E-state index contributed by atoms with van der Waals surface area (Å²) in [5, 5.41) is -0.332. The fourth-order valence-electron chi connectivity index (χ4n) is 1.09.